The molecule has 0 radical (unpaired) electrons. The van der Waals surface area contributed by atoms with Crippen molar-refractivity contribution in [3.05, 3.63) is 18.2 Å². The van der Waals surface area contributed by atoms with Gasteiger partial charge in [0.2, 0.25) is 0 Å². The lowest BCUT2D eigenvalue weighted by Crippen LogP contribution is -2.05. The number of aromatic amines is 1. The third kappa shape index (κ3) is 15.0. The molecular weight excluding hydrogens is 276 g/mol. The predicted molar refractivity (Wildman–Crippen MR) is 57.5 cm³/mol. The number of H-pyrrole nitrogens is 1. The monoisotopic (exact) mass is 288 g/mol. The van der Waals surface area contributed by atoms with Gasteiger partial charge in [-0.1, -0.05) is 0 Å². The van der Waals surface area contributed by atoms with E-state index in [4.69, 9.17) is 22.1 Å². The highest BCUT2D eigenvalue weighted by Crippen LogP contribution is 1.96. The number of aromatic nitrogens is 2. The first kappa shape index (κ1) is 16.0. The third-order valence-corrected chi connectivity index (χ3v) is 2.18. The van der Waals surface area contributed by atoms with Crippen LogP contribution in [0.5, 0.6) is 0 Å². The van der Waals surface area contributed by atoms with Crippen LogP contribution in [0.25, 0.3) is 0 Å². The SMILES string of the molecule is O=S(=O)(O)CCCc1ncc[nH]1.O=S(=O)(O)O. The summed E-state index contributed by atoms with van der Waals surface area (Å²) in [6, 6.07) is 0. The maximum Gasteiger partial charge on any atom is 0.394 e. The average Bonchev–Trinajstić information content (AvgIpc) is 2.50. The lowest BCUT2D eigenvalue weighted by molar-refractivity contribution is 0.381. The standard InChI is InChI=1S/C6H10N2O3S.H2O4S/c9-12(10,11)5-1-2-6-7-3-4-8-6;1-5(2,3)4/h3-4H,1-2,5H2,(H,7,8)(H,9,10,11);(H2,1,2,3,4). The fraction of sp³-hybridized carbons (Fsp3) is 0.500. The fourth-order valence-corrected chi connectivity index (χ4v) is 1.37. The van der Waals surface area contributed by atoms with Crippen LogP contribution >= 0.6 is 0 Å². The molecule has 1 heterocycles. The van der Waals surface area contributed by atoms with Gasteiger partial charge in [0.25, 0.3) is 10.1 Å². The Balaban J connectivity index is 0.000000437. The van der Waals surface area contributed by atoms with Crippen LogP contribution < -0.4 is 0 Å². The second-order valence-corrected chi connectivity index (χ2v) is 5.34. The van der Waals surface area contributed by atoms with Gasteiger partial charge in [-0.05, 0) is 6.42 Å². The lowest BCUT2D eigenvalue weighted by atomic mass is 10.3. The number of imidazole rings is 1. The summed E-state index contributed by atoms with van der Waals surface area (Å²) in [6.07, 6.45) is 4.19. The average molecular weight is 288 g/mol. The van der Waals surface area contributed by atoms with Gasteiger partial charge in [-0.3, -0.25) is 13.7 Å². The van der Waals surface area contributed by atoms with E-state index in [1.54, 1.807) is 12.4 Å². The fourth-order valence-electron chi connectivity index (χ4n) is 0.857. The Hall–Kier alpha value is -1.01. The Bertz CT molecular complexity index is 497. The van der Waals surface area contributed by atoms with Gasteiger partial charge < -0.3 is 4.98 Å². The molecule has 0 unspecified atom stereocenters. The zero-order valence-electron chi connectivity index (χ0n) is 8.51. The lowest BCUT2D eigenvalue weighted by Gasteiger charge is -1.94. The molecule has 0 aromatic carbocycles. The van der Waals surface area contributed by atoms with Crippen LogP contribution in [-0.4, -0.2) is 46.2 Å². The zero-order valence-corrected chi connectivity index (χ0v) is 10.1. The van der Waals surface area contributed by atoms with Crippen LogP contribution in [0.15, 0.2) is 12.4 Å². The minimum absolute atomic E-state index is 0.215. The molecule has 0 aliphatic heterocycles. The first-order valence-electron chi connectivity index (χ1n) is 4.21. The topological polar surface area (TPSA) is 158 Å². The van der Waals surface area contributed by atoms with Crippen molar-refractivity contribution in [1.82, 2.24) is 9.97 Å². The van der Waals surface area contributed by atoms with Crippen molar-refractivity contribution < 1.29 is 30.5 Å². The van der Waals surface area contributed by atoms with E-state index in [-0.39, 0.29) is 5.75 Å². The summed E-state index contributed by atoms with van der Waals surface area (Å²) in [4.78, 5) is 6.74. The van der Waals surface area contributed by atoms with E-state index < -0.39 is 20.5 Å². The normalized spacial score (nSPS) is 11.7. The number of hydrogen-bond donors (Lipinski definition) is 4. The van der Waals surface area contributed by atoms with Crippen molar-refractivity contribution in [3.8, 4) is 0 Å². The van der Waals surface area contributed by atoms with Gasteiger partial charge in [-0.15, -0.1) is 0 Å². The highest BCUT2D eigenvalue weighted by atomic mass is 32.3. The minimum Gasteiger partial charge on any atom is -0.349 e. The summed E-state index contributed by atoms with van der Waals surface area (Å²) < 4.78 is 60.5. The Kier molecular flexibility index (Phi) is 6.26. The van der Waals surface area contributed by atoms with Gasteiger partial charge in [-0.25, -0.2) is 4.98 Å². The molecule has 0 amide bonds. The summed E-state index contributed by atoms with van der Waals surface area (Å²) in [7, 11) is -8.49. The Morgan fingerprint density at radius 3 is 2.06 bits per heavy atom. The summed E-state index contributed by atoms with van der Waals surface area (Å²) >= 11 is 0. The van der Waals surface area contributed by atoms with Crippen LogP contribution in [0.4, 0.5) is 0 Å². The van der Waals surface area contributed by atoms with Gasteiger partial charge in [0.05, 0.1) is 5.75 Å². The van der Waals surface area contributed by atoms with Gasteiger partial charge in [-0.2, -0.15) is 16.8 Å². The van der Waals surface area contributed by atoms with Crippen molar-refractivity contribution in [2.45, 2.75) is 12.8 Å². The molecule has 0 saturated heterocycles. The molecule has 0 aliphatic rings. The molecule has 1 aromatic rings. The van der Waals surface area contributed by atoms with Gasteiger partial charge in [0.1, 0.15) is 5.82 Å². The zero-order chi connectivity index (χ0) is 13.5. The Morgan fingerprint density at radius 2 is 1.71 bits per heavy atom. The molecule has 0 atom stereocenters. The van der Waals surface area contributed by atoms with E-state index in [9.17, 15) is 8.42 Å². The molecule has 0 bridgehead atoms. The Labute approximate surface area is 98.2 Å². The number of rotatable bonds is 4. The van der Waals surface area contributed by atoms with E-state index >= 15 is 0 Å². The van der Waals surface area contributed by atoms with Crippen molar-refractivity contribution in [2.24, 2.45) is 0 Å². The molecule has 9 nitrogen and oxygen atoms in total. The first-order chi connectivity index (χ1) is 7.58. The van der Waals surface area contributed by atoms with E-state index in [1.807, 2.05) is 0 Å². The predicted octanol–water partition coefficient (Wildman–Crippen LogP) is -0.423. The largest absolute Gasteiger partial charge is 0.394 e. The number of nitrogens with one attached hydrogen (secondary N) is 1. The molecule has 0 saturated carbocycles. The van der Waals surface area contributed by atoms with Crippen LogP contribution in [-0.2, 0) is 26.9 Å². The van der Waals surface area contributed by atoms with E-state index in [0.717, 1.165) is 5.82 Å². The highest BCUT2D eigenvalue weighted by Gasteiger charge is 2.04. The van der Waals surface area contributed by atoms with Gasteiger partial charge in [0, 0.05) is 18.8 Å². The van der Waals surface area contributed by atoms with Crippen molar-refractivity contribution in [1.29, 1.82) is 0 Å². The summed E-state index contributed by atoms with van der Waals surface area (Å²) in [5.74, 6) is 0.520. The maximum atomic E-state index is 10.3. The van der Waals surface area contributed by atoms with E-state index in [0.29, 0.717) is 12.8 Å². The molecule has 100 valence electrons. The summed E-state index contributed by atoms with van der Waals surface area (Å²) in [5.41, 5.74) is 0. The van der Waals surface area contributed by atoms with Gasteiger partial charge >= 0.3 is 10.4 Å². The van der Waals surface area contributed by atoms with Crippen LogP contribution in [0.1, 0.15) is 12.2 Å². The van der Waals surface area contributed by atoms with E-state index in [1.165, 1.54) is 0 Å². The molecule has 11 heteroatoms. The summed E-state index contributed by atoms with van der Waals surface area (Å²) in [6.45, 7) is 0. The second-order valence-electron chi connectivity index (χ2n) is 2.87. The summed E-state index contributed by atoms with van der Waals surface area (Å²) in [5, 5.41) is 0. The molecule has 1 rings (SSSR count). The maximum absolute atomic E-state index is 10.3. The quantitative estimate of drug-likeness (QED) is 0.543. The van der Waals surface area contributed by atoms with Crippen LogP contribution in [0, 0.1) is 0 Å². The van der Waals surface area contributed by atoms with E-state index in [2.05, 4.69) is 9.97 Å². The number of nitrogens with zero attached hydrogens (tertiary/aromatic N) is 1. The van der Waals surface area contributed by atoms with Gasteiger partial charge in [0.15, 0.2) is 0 Å². The third-order valence-electron chi connectivity index (χ3n) is 1.37. The van der Waals surface area contributed by atoms with Crippen molar-refractivity contribution >= 4 is 20.5 Å². The molecule has 1 aromatic heterocycles. The molecule has 0 aliphatic carbocycles. The van der Waals surface area contributed by atoms with Crippen LogP contribution in [0.3, 0.4) is 0 Å². The Morgan fingerprint density at radius 1 is 1.18 bits per heavy atom. The van der Waals surface area contributed by atoms with Crippen molar-refractivity contribution in [2.75, 3.05) is 5.75 Å². The molecule has 17 heavy (non-hydrogen) atoms. The van der Waals surface area contributed by atoms with Crippen molar-refractivity contribution in [3.63, 3.8) is 0 Å². The second kappa shape index (κ2) is 6.66. The molecule has 4 N–H and O–H groups in total. The first-order valence-corrected chi connectivity index (χ1v) is 7.22. The highest BCUT2D eigenvalue weighted by molar-refractivity contribution is 7.85. The molecule has 0 fully saturated rings. The number of aryl methyl sites for hydroxylation is 1. The van der Waals surface area contributed by atoms with Crippen LogP contribution in [0.2, 0.25) is 0 Å². The minimum atomic E-state index is -4.67. The molecular formula is C6H12N2O7S2. The molecule has 0 spiro atoms. The smallest absolute Gasteiger partial charge is 0.349 e. The number of hydrogen-bond acceptors (Lipinski definition) is 5.